The quantitative estimate of drug-likeness (QED) is 0.908. The van der Waals surface area contributed by atoms with Crippen LogP contribution < -0.4 is 5.32 Å². The molecule has 1 aliphatic heterocycles. The van der Waals surface area contributed by atoms with Crippen LogP contribution in [0.15, 0.2) is 34.1 Å². The number of thiophene rings is 1. The molecule has 2 heterocycles. The first kappa shape index (κ1) is 13.3. The Hall–Kier alpha value is -0.680. The average Bonchev–Trinajstić information content (AvgIpc) is 3.03. The van der Waals surface area contributed by atoms with E-state index < -0.39 is 0 Å². The van der Waals surface area contributed by atoms with Gasteiger partial charge in [0.1, 0.15) is 0 Å². The smallest absolute Gasteiger partial charge is 0.0725 e. The molecule has 0 saturated heterocycles. The molecule has 4 heteroatoms. The van der Waals surface area contributed by atoms with E-state index in [0.717, 1.165) is 19.6 Å². The standard InChI is InChI=1S/C15H16BrNOS/c1-17-14(7-13-4-5-15(16)19-13)10-2-3-11-8-18-9-12(11)6-10/h2-6,14,17H,7-9H2,1H3. The monoisotopic (exact) mass is 337 g/mol. The van der Waals surface area contributed by atoms with E-state index in [9.17, 15) is 0 Å². The number of nitrogens with one attached hydrogen (secondary N) is 1. The predicted molar refractivity (Wildman–Crippen MR) is 82.5 cm³/mol. The molecule has 1 aromatic heterocycles. The molecule has 0 radical (unpaired) electrons. The Balaban J connectivity index is 1.82. The number of ether oxygens (including phenoxy) is 1. The minimum Gasteiger partial charge on any atom is -0.372 e. The van der Waals surface area contributed by atoms with Gasteiger partial charge in [-0.05, 0) is 51.8 Å². The topological polar surface area (TPSA) is 21.3 Å². The maximum absolute atomic E-state index is 5.48. The van der Waals surface area contributed by atoms with Gasteiger partial charge in [-0.15, -0.1) is 11.3 Å². The molecule has 1 aromatic carbocycles. The van der Waals surface area contributed by atoms with E-state index in [2.05, 4.69) is 51.6 Å². The number of fused-ring (bicyclic) bond motifs is 1. The summed E-state index contributed by atoms with van der Waals surface area (Å²) in [6, 6.07) is 11.4. The largest absolute Gasteiger partial charge is 0.372 e. The molecule has 1 unspecified atom stereocenters. The van der Waals surface area contributed by atoms with Crippen molar-refractivity contribution in [3.05, 3.63) is 55.7 Å². The van der Waals surface area contributed by atoms with Gasteiger partial charge in [0, 0.05) is 17.3 Å². The Bertz CT molecular complexity index is 581. The van der Waals surface area contributed by atoms with Crippen molar-refractivity contribution in [1.82, 2.24) is 5.32 Å². The van der Waals surface area contributed by atoms with E-state index >= 15 is 0 Å². The van der Waals surface area contributed by atoms with Crippen LogP contribution in [0.3, 0.4) is 0 Å². The van der Waals surface area contributed by atoms with Crippen molar-refractivity contribution in [3.8, 4) is 0 Å². The first-order valence-electron chi connectivity index (χ1n) is 6.37. The van der Waals surface area contributed by atoms with Crippen molar-refractivity contribution in [2.24, 2.45) is 0 Å². The van der Waals surface area contributed by atoms with Crippen molar-refractivity contribution in [3.63, 3.8) is 0 Å². The van der Waals surface area contributed by atoms with Gasteiger partial charge in [-0.25, -0.2) is 0 Å². The molecule has 0 fully saturated rings. The van der Waals surface area contributed by atoms with Crippen LogP contribution in [0.25, 0.3) is 0 Å². The summed E-state index contributed by atoms with van der Waals surface area (Å²) in [6.07, 6.45) is 1.02. The number of halogens is 1. The molecule has 0 saturated carbocycles. The molecule has 2 aromatic rings. The molecule has 0 bridgehead atoms. The number of hydrogen-bond donors (Lipinski definition) is 1. The van der Waals surface area contributed by atoms with Crippen LogP contribution in [-0.2, 0) is 24.4 Å². The Morgan fingerprint density at radius 1 is 1.26 bits per heavy atom. The van der Waals surface area contributed by atoms with E-state index in [1.54, 1.807) is 11.3 Å². The fourth-order valence-corrected chi connectivity index (χ4v) is 3.99. The lowest BCUT2D eigenvalue weighted by Gasteiger charge is -2.16. The summed E-state index contributed by atoms with van der Waals surface area (Å²) >= 11 is 5.33. The molecule has 19 heavy (non-hydrogen) atoms. The van der Waals surface area contributed by atoms with Crippen molar-refractivity contribution in [2.75, 3.05) is 7.05 Å². The third-order valence-electron chi connectivity index (χ3n) is 3.53. The van der Waals surface area contributed by atoms with Gasteiger partial charge < -0.3 is 10.1 Å². The Morgan fingerprint density at radius 2 is 2.11 bits per heavy atom. The molecule has 1 atom stereocenters. The molecular weight excluding hydrogens is 322 g/mol. The van der Waals surface area contributed by atoms with Crippen LogP contribution in [-0.4, -0.2) is 7.05 Å². The summed E-state index contributed by atoms with van der Waals surface area (Å²) in [5.74, 6) is 0. The van der Waals surface area contributed by atoms with Gasteiger partial charge in [-0.2, -0.15) is 0 Å². The van der Waals surface area contributed by atoms with E-state index in [1.165, 1.54) is 25.4 Å². The van der Waals surface area contributed by atoms with Crippen molar-refractivity contribution in [1.29, 1.82) is 0 Å². The second kappa shape index (κ2) is 5.75. The summed E-state index contributed by atoms with van der Waals surface area (Å²) in [4.78, 5) is 1.39. The van der Waals surface area contributed by atoms with Crippen LogP contribution in [0.4, 0.5) is 0 Å². The highest BCUT2D eigenvalue weighted by atomic mass is 79.9. The summed E-state index contributed by atoms with van der Waals surface area (Å²) in [5.41, 5.74) is 4.01. The fourth-order valence-electron chi connectivity index (χ4n) is 2.46. The Labute approximate surface area is 125 Å². The van der Waals surface area contributed by atoms with Gasteiger partial charge >= 0.3 is 0 Å². The molecule has 3 rings (SSSR count). The summed E-state index contributed by atoms with van der Waals surface area (Å²) in [7, 11) is 2.02. The highest BCUT2D eigenvalue weighted by Crippen LogP contribution is 2.29. The third kappa shape index (κ3) is 2.92. The average molecular weight is 338 g/mol. The van der Waals surface area contributed by atoms with Gasteiger partial charge in [0.2, 0.25) is 0 Å². The normalized spacial score (nSPS) is 15.5. The highest BCUT2D eigenvalue weighted by Gasteiger charge is 2.16. The minimum absolute atomic E-state index is 0.358. The zero-order valence-corrected chi connectivity index (χ0v) is 13.2. The lowest BCUT2D eigenvalue weighted by molar-refractivity contribution is 0.134. The van der Waals surface area contributed by atoms with Gasteiger partial charge in [0.25, 0.3) is 0 Å². The van der Waals surface area contributed by atoms with Gasteiger partial charge in [0.05, 0.1) is 17.0 Å². The first-order chi connectivity index (χ1) is 9.26. The van der Waals surface area contributed by atoms with Crippen LogP contribution in [0.1, 0.15) is 27.6 Å². The SMILES string of the molecule is CNC(Cc1ccc(Br)s1)c1ccc2c(c1)COC2. The fraction of sp³-hybridized carbons (Fsp3) is 0.333. The highest BCUT2D eigenvalue weighted by molar-refractivity contribution is 9.11. The lowest BCUT2D eigenvalue weighted by Crippen LogP contribution is -2.18. The van der Waals surface area contributed by atoms with Crippen LogP contribution in [0, 0.1) is 0 Å². The molecular formula is C15H16BrNOS. The maximum atomic E-state index is 5.48. The van der Waals surface area contributed by atoms with E-state index in [-0.39, 0.29) is 0 Å². The Morgan fingerprint density at radius 3 is 2.84 bits per heavy atom. The van der Waals surface area contributed by atoms with Crippen LogP contribution >= 0.6 is 27.3 Å². The molecule has 2 nitrogen and oxygen atoms in total. The molecule has 0 spiro atoms. The Kier molecular flexibility index (Phi) is 4.03. The van der Waals surface area contributed by atoms with Crippen molar-refractivity contribution < 1.29 is 4.74 Å². The van der Waals surface area contributed by atoms with E-state index in [4.69, 9.17) is 4.74 Å². The first-order valence-corrected chi connectivity index (χ1v) is 7.98. The number of hydrogen-bond acceptors (Lipinski definition) is 3. The predicted octanol–water partition coefficient (Wildman–Crippen LogP) is 4.04. The molecule has 0 aliphatic carbocycles. The zero-order valence-electron chi connectivity index (χ0n) is 10.8. The summed E-state index contributed by atoms with van der Waals surface area (Å²) < 4.78 is 6.67. The molecule has 1 N–H and O–H groups in total. The minimum atomic E-state index is 0.358. The second-order valence-corrected chi connectivity index (χ2v) is 7.32. The summed E-state index contributed by atoms with van der Waals surface area (Å²) in [6.45, 7) is 1.52. The summed E-state index contributed by atoms with van der Waals surface area (Å²) in [5, 5.41) is 3.42. The molecule has 1 aliphatic rings. The van der Waals surface area contributed by atoms with Crippen molar-refractivity contribution in [2.45, 2.75) is 25.7 Å². The number of likely N-dealkylation sites (N-methyl/N-ethyl adjacent to an activating group) is 1. The van der Waals surface area contributed by atoms with Crippen LogP contribution in [0.2, 0.25) is 0 Å². The number of rotatable bonds is 4. The maximum Gasteiger partial charge on any atom is 0.0725 e. The molecule has 100 valence electrons. The van der Waals surface area contributed by atoms with E-state index in [0.29, 0.717) is 6.04 Å². The van der Waals surface area contributed by atoms with E-state index in [1.807, 2.05) is 7.05 Å². The van der Waals surface area contributed by atoms with Crippen molar-refractivity contribution >= 4 is 27.3 Å². The number of benzene rings is 1. The second-order valence-electron chi connectivity index (χ2n) is 4.77. The third-order valence-corrected chi connectivity index (χ3v) is 5.18. The lowest BCUT2D eigenvalue weighted by atomic mass is 9.98. The van der Waals surface area contributed by atoms with Gasteiger partial charge in [0.15, 0.2) is 0 Å². The van der Waals surface area contributed by atoms with Gasteiger partial charge in [-0.3, -0.25) is 0 Å². The molecule has 0 amide bonds. The van der Waals surface area contributed by atoms with Gasteiger partial charge in [-0.1, -0.05) is 18.2 Å². The zero-order chi connectivity index (χ0) is 13.2. The van der Waals surface area contributed by atoms with Crippen LogP contribution in [0.5, 0.6) is 0 Å².